The molecule has 1 amide bonds. The van der Waals surface area contributed by atoms with Crippen LogP contribution in [0.3, 0.4) is 0 Å². The van der Waals surface area contributed by atoms with E-state index in [1.54, 1.807) is 6.07 Å². The van der Waals surface area contributed by atoms with Crippen LogP contribution in [0, 0.1) is 5.82 Å². The van der Waals surface area contributed by atoms with Crippen molar-refractivity contribution >= 4 is 17.6 Å². The van der Waals surface area contributed by atoms with E-state index in [9.17, 15) is 19.1 Å². The summed E-state index contributed by atoms with van der Waals surface area (Å²) in [5, 5.41) is 21.4. The molecule has 0 spiro atoms. The first kappa shape index (κ1) is 18.8. The molecule has 1 atom stereocenters. The van der Waals surface area contributed by atoms with Gasteiger partial charge in [-0.3, -0.25) is 9.69 Å². The van der Waals surface area contributed by atoms with Gasteiger partial charge in [0.25, 0.3) is 0 Å². The number of nitrogens with zero attached hydrogens (tertiary/aromatic N) is 1. The Kier molecular flexibility index (Phi) is 5.68. The second-order valence-corrected chi connectivity index (χ2v) is 6.13. The third-order valence-corrected chi connectivity index (χ3v) is 4.32. The highest BCUT2D eigenvalue weighted by atomic mass is 19.1. The number of amides is 1. The fourth-order valence-electron chi connectivity index (χ4n) is 3.04. The maximum absolute atomic E-state index is 13.7. The number of carboxylic acid groups (broad SMARTS) is 1. The minimum Gasteiger partial charge on any atom is -0.507 e. The molecule has 1 saturated heterocycles. The molecule has 0 aromatic heterocycles. The Morgan fingerprint density at radius 2 is 1.89 bits per heavy atom. The number of carbonyl (C=O) groups is 2. The first-order valence-electron chi connectivity index (χ1n) is 8.40. The molecule has 2 aromatic carbocycles. The van der Waals surface area contributed by atoms with Gasteiger partial charge in [0.1, 0.15) is 23.2 Å². The molecular weight excluding hydrogens is 355 g/mol. The predicted molar refractivity (Wildman–Crippen MR) is 95.2 cm³/mol. The van der Waals surface area contributed by atoms with Gasteiger partial charge in [0.05, 0.1) is 13.2 Å². The van der Waals surface area contributed by atoms with E-state index in [2.05, 4.69) is 5.32 Å². The number of aromatic carboxylic acids is 1. The quantitative estimate of drug-likeness (QED) is 0.695. The number of hydrogen-bond donors (Lipinski definition) is 3. The molecule has 1 unspecified atom stereocenters. The fourth-order valence-corrected chi connectivity index (χ4v) is 3.04. The van der Waals surface area contributed by atoms with Crippen molar-refractivity contribution in [1.29, 1.82) is 0 Å². The van der Waals surface area contributed by atoms with Gasteiger partial charge < -0.3 is 20.3 Å². The second-order valence-electron chi connectivity index (χ2n) is 6.13. The highest BCUT2D eigenvalue weighted by molar-refractivity contribution is 5.98. The van der Waals surface area contributed by atoms with Gasteiger partial charge in [-0.15, -0.1) is 0 Å². The Balaban J connectivity index is 1.89. The molecule has 2 aromatic rings. The van der Waals surface area contributed by atoms with Crippen molar-refractivity contribution in [2.75, 3.05) is 31.6 Å². The standard InChI is InChI=1S/C19H19FN2O5/c20-13-3-1-2-12(10-13)17(22-6-8-27-9-7-22)18(24)21-14-4-5-16(23)15(11-14)19(25)26/h1-5,10-11,17,23H,6-9H2,(H,21,24)(H,25,26). The van der Waals surface area contributed by atoms with Gasteiger partial charge in [-0.2, -0.15) is 0 Å². The number of benzene rings is 2. The van der Waals surface area contributed by atoms with Gasteiger partial charge in [0.15, 0.2) is 0 Å². The van der Waals surface area contributed by atoms with E-state index in [0.717, 1.165) is 0 Å². The molecule has 0 saturated carbocycles. The SMILES string of the molecule is O=C(O)c1cc(NC(=O)C(c2cccc(F)c2)N2CCOCC2)ccc1O. The highest BCUT2D eigenvalue weighted by Gasteiger charge is 2.29. The molecule has 3 N–H and O–H groups in total. The van der Waals surface area contributed by atoms with Gasteiger partial charge in [-0.1, -0.05) is 12.1 Å². The van der Waals surface area contributed by atoms with Crippen LogP contribution in [0.15, 0.2) is 42.5 Å². The molecule has 0 radical (unpaired) electrons. The summed E-state index contributed by atoms with van der Waals surface area (Å²) in [5.41, 5.74) is 0.401. The molecule has 1 aliphatic heterocycles. The van der Waals surface area contributed by atoms with Crippen LogP contribution in [0.25, 0.3) is 0 Å². The van der Waals surface area contributed by atoms with Crippen molar-refractivity contribution in [2.24, 2.45) is 0 Å². The van der Waals surface area contributed by atoms with Crippen LogP contribution in [0.1, 0.15) is 22.0 Å². The monoisotopic (exact) mass is 374 g/mol. The van der Waals surface area contributed by atoms with Crippen LogP contribution in [0.4, 0.5) is 10.1 Å². The van der Waals surface area contributed by atoms with Crippen LogP contribution >= 0.6 is 0 Å². The summed E-state index contributed by atoms with van der Waals surface area (Å²) in [6.45, 7) is 1.93. The van der Waals surface area contributed by atoms with E-state index in [-0.39, 0.29) is 11.3 Å². The zero-order valence-electron chi connectivity index (χ0n) is 14.4. The van der Waals surface area contributed by atoms with Crippen LogP contribution in [-0.4, -0.2) is 53.3 Å². The zero-order valence-corrected chi connectivity index (χ0v) is 14.4. The van der Waals surface area contributed by atoms with Crippen LogP contribution < -0.4 is 5.32 Å². The minimum absolute atomic E-state index is 0.227. The Bertz CT molecular complexity index is 852. The summed E-state index contributed by atoms with van der Waals surface area (Å²) in [6, 6.07) is 8.84. The molecule has 8 heteroatoms. The van der Waals surface area contributed by atoms with Crippen LogP contribution in [-0.2, 0) is 9.53 Å². The molecule has 1 aliphatic rings. The van der Waals surface area contributed by atoms with Crippen molar-refractivity contribution in [3.8, 4) is 5.75 Å². The van der Waals surface area contributed by atoms with Crippen molar-refractivity contribution in [3.05, 3.63) is 59.4 Å². The van der Waals surface area contributed by atoms with Gasteiger partial charge >= 0.3 is 5.97 Å². The number of aromatic hydroxyl groups is 1. The first-order chi connectivity index (χ1) is 13.0. The van der Waals surface area contributed by atoms with E-state index < -0.39 is 29.5 Å². The highest BCUT2D eigenvalue weighted by Crippen LogP contribution is 2.26. The molecule has 0 aliphatic carbocycles. The summed E-state index contributed by atoms with van der Waals surface area (Å²) in [4.78, 5) is 26.0. The zero-order chi connectivity index (χ0) is 19.4. The number of rotatable bonds is 5. The maximum Gasteiger partial charge on any atom is 0.339 e. The summed E-state index contributed by atoms with van der Waals surface area (Å²) >= 11 is 0. The Morgan fingerprint density at radius 1 is 1.15 bits per heavy atom. The number of halogens is 1. The number of carbonyl (C=O) groups excluding carboxylic acids is 1. The minimum atomic E-state index is -1.31. The third kappa shape index (κ3) is 4.42. The maximum atomic E-state index is 13.7. The lowest BCUT2D eigenvalue weighted by molar-refractivity contribution is -0.123. The van der Waals surface area contributed by atoms with E-state index in [0.29, 0.717) is 31.9 Å². The molecule has 3 rings (SSSR count). The predicted octanol–water partition coefficient (Wildman–Crippen LogP) is 2.24. The lowest BCUT2D eigenvalue weighted by atomic mass is 10.0. The van der Waals surface area contributed by atoms with E-state index in [1.165, 1.54) is 36.4 Å². The number of morpholine rings is 1. The average Bonchev–Trinajstić information content (AvgIpc) is 2.64. The largest absolute Gasteiger partial charge is 0.507 e. The molecular formula is C19H19FN2O5. The van der Waals surface area contributed by atoms with E-state index >= 15 is 0 Å². The Morgan fingerprint density at radius 3 is 2.56 bits per heavy atom. The molecule has 0 bridgehead atoms. The number of nitrogens with one attached hydrogen (secondary N) is 1. The van der Waals surface area contributed by atoms with Crippen molar-refractivity contribution in [1.82, 2.24) is 4.90 Å². The summed E-state index contributed by atoms with van der Waals surface area (Å²) < 4.78 is 19.0. The first-order valence-corrected chi connectivity index (χ1v) is 8.40. The topological polar surface area (TPSA) is 99.1 Å². The molecule has 1 heterocycles. The lowest BCUT2D eigenvalue weighted by Crippen LogP contribution is -2.44. The summed E-state index contributed by atoms with van der Waals surface area (Å²) in [7, 11) is 0. The van der Waals surface area contributed by atoms with Gasteiger partial charge in [0, 0.05) is 18.8 Å². The molecule has 1 fully saturated rings. The summed E-state index contributed by atoms with van der Waals surface area (Å²) in [6.07, 6.45) is 0. The molecule has 7 nitrogen and oxygen atoms in total. The van der Waals surface area contributed by atoms with Gasteiger partial charge in [0.2, 0.25) is 5.91 Å². The Hall–Kier alpha value is -2.97. The van der Waals surface area contributed by atoms with Gasteiger partial charge in [-0.25, -0.2) is 9.18 Å². The van der Waals surface area contributed by atoms with Gasteiger partial charge in [-0.05, 0) is 35.9 Å². The van der Waals surface area contributed by atoms with E-state index in [4.69, 9.17) is 9.84 Å². The number of ether oxygens (including phenoxy) is 1. The van der Waals surface area contributed by atoms with Crippen molar-refractivity contribution in [3.63, 3.8) is 0 Å². The average molecular weight is 374 g/mol. The van der Waals surface area contributed by atoms with Crippen LogP contribution in [0.2, 0.25) is 0 Å². The lowest BCUT2D eigenvalue weighted by Gasteiger charge is -2.33. The molecule has 142 valence electrons. The number of phenols is 1. The summed E-state index contributed by atoms with van der Waals surface area (Å²) in [5.74, 6) is -2.57. The number of hydrogen-bond acceptors (Lipinski definition) is 5. The van der Waals surface area contributed by atoms with E-state index in [1.807, 2.05) is 4.90 Å². The normalized spacial score (nSPS) is 15.9. The van der Waals surface area contributed by atoms with Crippen molar-refractivity contribution in [2.45, 2.75) is 6.04 Å². The molecule has 27 heavy (non-hydrogen) atoms. The third-order valence-electron chi connectivity index (χ3n) is 4.32. The number of carboxylic acids is 1. The second kappa shape index (κ2) is 8.15. The number of anilines is 1. The van der Waals surface area contributed by atoms with Crippen molar-refractivity contribution < 1.29 is 28.9 Å². The fraction of sp³-hybridized carbons (Fsp3) is 0.263. The smallest absolute Gasteiger partial charge is 0.339 e. The van der Waals surface area contributed by atoms with Crippen LogP contribution in [0.5, 0.6) is 5.75 Å². The Labute approximate surface area is 155 Å².